The molecule has 5 rings (SSSR count). The van der Waals surface area contributed by atoms with Crippen LogP contribution in [0.4, 0.5) is 10.2 Å². The zero-order valence-electron chi connectivity index (χ0n) is 17.8. The third-order valence-corrected chi connectivity index (χ3v) is 5.80. The fraction of sp³-hybridized carbons (Fsp3) is 0.273. The number of ether oxygens (including phenoxy) is 2. The van der Waals surface area contributed by atoms with E-state index in [9.17, 15) is 14.3 Å². The van der Waals surface area contributed by atoms with Gasteiger partial charge in [0.25, 0.3) is 5.91 Å². The lowest BCUT2D eigenvalue weighted by atomic mass is 10.1. The highest BCUT2D eigenvalue weighted by molar-refractivity contribution is 7.03. The molecule has 4 aromatic rings. The number of halogens is 1. The molecule has 1 aromatic carbocycles. The van der Waals surface area contributed by atoms with E-state index in [0.717, 1.165) is 0 Å². The molecule has 0 atom stereocenters. The van der Waals surface area contributed by atoms with E-state index in [1.54, 1.807) is 42.2 Å². The molecule has 11 heteroatoms. The van der Waals surface area contributed by atoms with E-state index in [0.29, 0.717) is 52.3 Å². The van der Waals surface area contributed by atoms with Crippen LogP contribution in [0.15, 0.2) is 36.0 Å². The van der Waals surface area contributed by atoms with E-state index >= 15 is 0 Å². The number of aryl methyl sites for hydroxylation is 1. The molecular formula is C22H20FN5O4S. The highest BCUT2D eigenvalue weighted by atomic mass is 32.1. The van der Waals surface area contributed by atoms with E-state index in [1.165, 1.54) is 23.8 Å². The Labute approximate surface area is 192 Å². The molecule has 2 N–H and O–H groups in total. The summed E-state index contributed by atoms with van der Waals surface area (Å²) in [6, 6.07) is 4.82. The van der Waals surface area contributed by atoms with Crippen molar-refractivity contribution in [3.05, 3.63) is 47.4 Å². The summed E-state index contributed by atoms with van der Waals surface area (Å²) in [5.41, 5.74) is 1.22. The van der Waals surface area contributed by atoms with Crippen LogP contribution >= 0.6 is 11.5 Å². The maximum Gasteiger partial charge on any atom is 0.259 e. The van der Waals surface area contributed by atoms with E-state index < -0.39 is 11.4 Å². The van der Waals surface area contributed by atoms with Crippen LogP contribution in [0.1, 0.15) is 30.6 Å². The average molecular weight is 469 g/mol. The SMILES string of the molecule is CC(C)(O)CCn1nc(NC(=O)c2cnsc2)c2cc(-c3cc(F)c4c(c3)OCO4)cnc21. The molecule has 170 valence electrons. The lowest BCUT2D eigenvalue weighted by Gasteiger charge is -2.16. The second-order valence-corrected chi connectivity index (χ2v) is 8.95. The fourth-order valence-electron chi connectivity index (χ4n) is 3.48. The number of carbonyl (C=O) groups is 1. The Bertz CT molecular complexity index is 1350. The predicted octanol–water partition coefficient (Wildman–Crippen LogP) is 3.84. The normalized spacial score (nSPS) is 13.0. The summed E-state index contributed by atoms with van der Waals surface area (Å²) in [6.45, 7) is 3.78. The number of rotatable bonds is 6. The van der Waals surface area contributed by atoms with Crippen molar-refractivity contribution in [1.29, 1.82) is 0 Å². The highest BCUT2D eigenvalue weighted by Crippen LogP contribution is 2.39. The molecule has 0 spiro atoms. The third kappa shape index (κ3) is 4.24. The van der Waals surface area contributed by atoms with Crippen LogP contribution in [0.25, 0.3) is 22.2 Å². The molecule has 1 amide bonds. The van der Waals surface area contributed by atoms with Gasteiger partial charge in [-0.2, -0.15) is 5.10 Å². The van der Waals surface area contributed by atoms with Gasteiger partial charge in [-0.15, -0.1) is 0 Å². The number of nitrogens with one attached hydrogen (secondary N) is 1. The number of hydrogen-bond acceptors (Lipinski definition) is 8. The number of fused-ring (bicyclic) bond motifs is 2. The number of hydrogen-bond donors (Lipinski definition) is 2. The molecule has 0 radical (unpaired) electrons. The molecule has 33 heavy (non-hydrogen) atoms. The summed E-state index contributed by atoms with van der Waals surface area (Å²) in [5.74, 6) is -0.154. The van der Waals surface area contributed by atoms with Crippen molar-refractivity contribution in [2.45, 2.75) is 32.4 Å². The van der Waals surface area contributed by atoms with E-state index in [2.05, 4.69) is 19.8 Å². The summed E-state index contributed by atoms with van der Waals surface area (Å²) >= 11 is 1.17. The van der Waals surface area contributed by atoms with Gasteiger partial charge in [-0.05, 0) is 55.6 Å². The van der Waals surface area contributed by atoms with Crippen LogP contribution in [-0.4, -0.2) is 42.5 Å². The Balaban J connectivity index is 1.57. The first kappa shape index (κ1) is 21.3. The lowest BCUT2D eigenvalue weighted by molar-refractivity contribution is 0.0654. The summed E-state index contributed by atoms with van der Waals surface area (Å²) in [4.78, 5) is 17.2. The Morgan fingerprint density at radius 2 is 2.12 bits per heavy atom. The van der Waals surface area contributed by atoms with Crippen molar-refractivity contribution >= 4 is 34.3 Å². The number of nitrogens with zero attached hydrogens (tertiary/aromatic N) is 4. The quantitative estimate of drug-likeness (QED) is 0.441. The summed E-state index contributed by atoms with van der Waals surface area (Å²) in [7, 11) is 0. The molecule has 0 saturated carbocycles. The molecule has 0 bridgehead atoms. The van der Waals surface area contributed by atoms with Gasteiger partial charge in [-0.25, -0.2) is 18.4 Å². The van der Waals surface area contributed by atoms with Crippen LogP contribution < -0.4 is 14.8 Å². The molecule has 0 fully saturated rings. The minimum Gasteiger partial charge on any atom is -0.453 e. The Morgan fingerprint density at radius 1 is 1.27 bits per heavy atom. The first-order valence-corrected chi connectivity index (χ1v) is 11.0. The maximum absolute atomic E-state index is 14.4. The van der Waals surface area contributed by atoms with Gasteiger partial charge in [0.05, 0.1) is 22.7 Å². The first-order chi connectivity index (χ1) is 15.8. The Morgan fingerprint density at radius 3 is 2.88 bits per heavy atom. The van der Waals surface area contributed by atoms with Crippen LogP contribution in [0.5, 0.6) is 11.5 Å². The molecule has 9 nitrogen and oxygen atoms in total. The zero-order valence-corrected chi connectivity index (χ0v) is 18.6. The smallest absolute Gasteiger partial charge is 0.259 e. The minimum absolute atomic E-state index is 0.0331. The van der Waals surface area contributed by atoms with Crippen molar-refractivity contribution in [1.82, 2.24) is 19.1 Å². The zero-order chi connectivity index (χ0) is 23.2. The summed E-state index contributed by atoms with van der Waals surface area (Å²) < 4.78 is 30.5. The number of carbonyl (C=O) groups excluding carboxylic acids is 1. The molecular weight excluding hydrogens is 449 g/mol. The van der Waals surface area contributed by atoms with Crippen molar-refractivity contribution in [3.63, 3.8) is 0 Å². The van der Waals surface area contributed by atoms with Crippen molar-refractivity contribution in [2.75, 3.05) is 12.1 Å². The number of benzene rings is 1. The van der Waals surface area contributed by atoms with Crippen LogP contribution in [-0.2, 0) is 6.54 Å². The van der Waals surface area contributed by atoms with Crippen LogP contribution in [0.3, 0.4) is 0 Å². The topological polar surface area (TPSA) is 111 Å². The van der Waals surface area contributed by atoms with Crippen molar-refractivity contribution in [2.24, 2.45) is 0 Å². The maximum atomic E-state index is 14.4. The van der Waals surface area contributed by atoms with E-state index in [4.69, 9.17) is 9.47 Å². The van der Waals surface area contributed by atoms with E-state index in [-0.39, 0.29) is 18.4 Å². The summed E-state index contributed by atoms with van der Waals surface area (Å²) in [6.07, 6.45) is 3.52. The standard InChI is InChI=1S/C22H20FN5O4S/c1-22(2,30)3-4-28-20-15(19(27-28)26-21(29)14-9-25-33-10-14)5-13(8-24-20)12-6-16(23)18-17(7-12)31-11-32-18/h5-10,30H,3-4,11H2,1-2H3,(H,26,27,29). The van der Waals surface area contributed by atoms with Gasteiger partial charge in [-0.3, -0.25) is 4.79 Å². The van der Waals surface area contributed by atoms with E-state index in [1.807, 2.05) is 0 Å². The van der Waals surface area contributed by atoms with Gasteiger partial charge in [-0.1, -0.05) is 0 Å². The summed E-state index contributed by atoms with van der Waals surface area (Å²) in [5, 5.41) is 19.7. The second-order valence-electron chi connectivity index (χ2n) is 8.29. The number of anilines is 1. The molecule has 0 unspecified atom stereocenters. The Kier molecular flexibility index (Phi) is 5.22. The molecule has 0 aliphatic carbocycles. The molecule has 1 aliphatic heterocycles. The highest BCUT2D eigenvalue weighted by Gasteiger charge is 2.22. The largest absolute Gasteiger partial charge is 0.453 e. The number of amides is 1. The number of aliphatic hydroxyl groups is 1. The molecule has 4 heterocycles. The fourth-order valence-corrected chi connectivity index (χ4v) is 3.99. The molecule has 0 saturated heterocycles. The lowest BCUT2D eigenvalue weighted by Crippen LogP contribution is -2.21. The van der Waals surface area contributed by atoms with Crippen LogP contribution in [0, 0.1) is 5.82 Å². The number of aromatic nitrogens is 4. The monoisotopic (exact) mass is 469 g/mol. The minimum atomic E-state index is -0.895. The average Bonchev–Trinajstić information content (AvgIpc) is 3.52. The number of pyridine rings is 1. The first-order valence-electron chi connectivity index (χ1n) is 10.2. The van der Waals surface area contributed by atoms with Crippen molar-refractivity contribution in [3.8, 4) is 22.6 Å². The third-order valence-electron chi connectivity index (χ3n) is 5.21. The van der Waals surface area contributed by atoms with Crippen LogP contribution in [0.2, 0.25) is 0 Å². The van der Waals surface area contributed by atoms with Gasteiger partial charge >= 0.3 is 0 Å². The molecule has 1 aliphatic rings. The van der Waals surface area contributed by atoms with Gasteiger partial charge in [0.1, 0.15) is 0 Å². The second kappa shape index (κ2) is 8.09. The van der Waals surface area contributed by atoms with Gasteiger partial charge < -0.3 is 19.9 Å². The Hall–Kier alpha value is -3.57. The van der Waals surface area contributed by atoms with Gasteiger partial charge in [0.15, 0.2) is 23.0 Å². The van der Waals surface area contributed by atoms with Gasteiger partial charge in [0, 0.05) is 23.7 Å². The van der Waals surface area contributed by atoms with Gasteiger partial charge in [0.2, 0.25) is 12.5 Å². The molecule has 3 aromatic heterocycles. The van der Waals surface area contributed by atoms with Crippen molar-refractivity contribution < 1.29 is 23.8 Å². The predicted molar refractivity (Wildman–Crippen MR) is 120 cm³/mol.